The van der Waals surface area contributed by atoms with Crippen LogP contribution in [-0.2, 0) is 19.5 Å². The number of aromatic nitrogens is 2. The van der Waals surface area contributed by atoms with E-state index >= 15 is 0 Å². The molecule has 110 valence electrons. The predicted molar refractivity (Wildman–Crippen MR) is 76.3 cm³/mol. The Morgan fingerprint density at radius 3 is 2.95 bits per heavy atom. The highest BCUT2D eigenvalue weighted by atomic mass is 19.1. The topological polar surface area (TPSA) is 81.8 Å². The average Bonchev–Trinajstić information content (AvgIpc) is 2.90. The normalized spacial score (nSPS) is 13.6. The maximum Gasteiger partial charge on any atom is 0.320 e. The van der Waals surface area contributed by atoms with Gasteiger partial charge in [0.1, 0.15) is 5.82 Å². The van der Waals surface area contributed by atoms with Crippen molar-refractivity contribution >= 4 is 11.8 Å². The third-order valence-corrected chi connectivity index (χ3v) is 3.40. The van der Waals surface area contributed by atoms with Crippen LogP contribution in [0.5, 0.6) is 0 Å². The van der Waals surface area contributed by atoms with Gasteiger partial charge in [0.25, 0.3) is 0 Å². The van der Waals surface area contributed by atoms with E-state index in [1.54, 1.807) is 12.1 Å². The van der Waals surface area contributed by atoms with Crippen molar-refractivity contribution in [2.75, 3.05) is 11.9 Å². The molecule has 0 saturated carbocycles. The summed E-state index contributed by atoms with van der Waals surface area (Å²) < 4.78 is 12.8. The number of halogens is 1. The molecule has 0 bridgehead atoms. The predicted octanol–water partition coefficient (Wildman–Crippen LogP) is 1.52. The number of fused-ring (bicyclic) bond motifs is 1. The van der Waals surface area contributed by atoms with Crippen LogP contribution in [0.4, 0.5) is 15.0 Å². The summed E-state index contributed by atoms with van der Waals surface area (Å²) in [6.07, 6.45) is 0.833. The molecular formula is C14H16FN5O. The third kappa shape index (κ3) is 3.19. The molecule has 0 saturated heterocycles. The number of amides is 2. The standard InChI is InChI=1S/C14H16FN5O/c15-10-3-1-9(2-4-10)7-17-14(21)18-13-11-5-6-16-8-12(11)19-20-13/h1-4,16H,5-8H2,(H3,17,18,19,20,21). The van der Waals surface area contributed by atoms with Crippen LogP contribution in [0.25, 0.3) is 0 Å². The second-order valence-electron chi connectivity index (χ2n) is 4.89. The van der Waals surface area contributed by atoms with Crippen LogP contribution in [0.2, 0.25) is 0 Å². The SMILES string of the molecule is O=C(NCc1ccc(F)cc1)Nc1n[nH]c2c1CCNC2. The molecule has 21 heavy (non-hydrogen) atoms. The monoisotopic (exact) mass is 289 g/mol. The summed E-state index contributed by atoms with van der Waals surface area (Å²) in [5, 5.41) is 15.7. The van der Waals surface area contributed by atoms with E-state index in [-0.39, 0.29) is 11.8 Å². The summed E-state index contributed by atoms with van der Waals surface area (Å²) in [5.74, 6) is 0.281. The molecule has 0 atom stereocenters. The Balaban J connectivity index is 1.57. The van der Waals surface area contributed by atoms with E-state index in [1.165, 1.54) is 12.1 Å². The lowest BCUT2D eigenvalue weighted by molar-refractivity contribution is 0.251. The van der Waals surface area contributed by atoms with Crippen molar-refractivity contribution in [1.29, 1.82) is 0 Å². The molecule has 7 heteroatoms. The number of urea groups is 1. The fraction of sp³-hybridized carbons (Fsp3) is 0.286. The van der Waals surface area contributed by atoms with E-state index in [0.29, 0.717) is 12.4 Å². The van der Waals surface area contributed by atoms with Gasteiger partial charge in [-0.3, -0.25) is 10.4 Å². The van der Waals surface area contributed by atoms with Crippen LogP contribution in [0.1, 0.15) is 16.8 Å². The molecule has 0 fully saturated rings. The van der Waals surface area contributed by atoms with Gasteiger partial charge in [0, 0.05) is 18.7 Å². The van der Waals surface area contributed by atoms with Gasteiger partial charge in [-0.2, -0.15) is 5.10 Å². The molecule has 1 aromatic carbocycles. The van der Waals surface area contributed by atoms with E-state index in [1.807, 2.05) is 0 Å². The lowest BCUT2D eigenvalue weighted by Gasteiger charge is -2.13. The number of hydrogen-bond acceptors (Lipinski definition) is 3. The molecule has 2 amide bonds. The molecule has 2 aromatic rings. The molecule has 4 N–H and O–H groups in total. The zero-order valence-electron chi connectivity index (χ0n) is 11.4. The minimum Gasteiger partial charge on any atom is -0.334 e. The molecule has 3 rings (SSSR count). The van der Waals surface area contributed by atoms with Gasteiger partial charge in [0.05, 0.1) is 5.69 Å². The van der Waals surface area contributed by atoms with Gasteiger partial charge in [-0.05, 0) is 30.7 Å². The molecule has 0 radical (unpaired) electrons. The summed E-state index contributed by atoms with van der Waals surface area (Å²) >= 11 is 0. The van der Waals surface area contributed by atoms with Gasteiger partial charge in [-0.25, -0.2) is 9.18 Å². The Morgan fingerprint density at radius 2 is 2.14 bits per heavy atom. The van der Waals surface area contributed by atoms with Gasteiger partial charge < -0.3 is 10.6 Å². The second kappa shape index (κ2) is 5.92. The zero-order chi connectivity index (χ0) is 14.7. The summed E-state index contributed by atoms with van der Waals surface area (Å²) in [6.45, 7) is 1.94. The van der Waals surface area contributed by atoms with E-state index in [4.69, 9.17) is 0 Å². The van der Waals surface area contributed by atoms with Crippen LogP contribution in [-0.4, -0.2) is 22.8 Å². The number of benzene rings is 1. The fourth-order valence-corrected chi connectivity index (χ4v) is 2.28. The molecule has 1 aromatic heterocycles. The number of hydrogen-bond donors (Lipinski definition) is 4. The van der Waals surface area contributed by atoms with Crippen molar-refractivity contribution in [2.45, 2.75) is 19.5 Å². The molecule has 0 spiro atoms. The highest BCUT2D eigenvalue weighted by Gasteiger charge is 2.17. The van der Waals surface area contributed by atoms with E-state index in [0.717, 1.165) is 36.3 Å². The molecule has 0 unspecified atom stereocenters. The van der Waals surface area contributed by atoms with Crippen LogP contribution in [0.15, 0.2) is 24.3 Å². The zero-order valence-corrected chi connectivity index (χ0v) is 11.4. The first-order valence-electron chi connectivity index (χ1n) is 6.78. The first kappa shape index (κ1) is 13.6. The number of nitrogens with one attached hydrogen (secondary N) is 4. The number of rotatable bonds is 3. The second-order valence-corrected chi connectivity index (χ2v) is 4.89. The molecule has 1 aliphatic heterocycles. The van der Waals surface area contributed by atoms with E-state index < -0.39 is 0 Å². The molecule has 1 aliphatic rings. The average molecular weight is 289 g/mol. The van der Waals surface area contributed by atoms with Gasteiger partial charge >= 0.3 is 6.03 Å². The van der Waals surface area contributed by atoms with Gasteiger partial charge in [-0.15, -0.1) is 0 Å². The Morgan fingerprint density at radius 1 is 1.33 bits per heavy atom. The maximum absolute atomic E-state index is 12.8. The first-order valence-corrected chi connectivity index (χ1v) is 6.78. The van der Waals surface area contributed by atoms with Crippen molar-refractivity contribution < 1.29 is 9.18 Å². The van der Waals surface area contributed by atoms with Crippen molar-refractivity contribution in [3.05, 3.63) is 46.9 Å². The van der Waals surface area contributed by atoms with Crippen LogP contribution in [0.3, 0.4) is 0 Å². The summed E-state index contributed by atoms with van der Waals surface area (Å²) in [7, 11) is 0. The molecule has 6 nitrogen and oxygen atoms in total. The summed E-state index contributed by atoms with van der Waals surface area (Å²) in [4.78, 5) is 11.9. The van der Waals surface area contributed by atoms with Crippen molar-refractivity contribution in [2.24, 2.45) is 0 Å². The summed E-state index contributed by atoms with van der Waals surface area (Å²) in [5.41, 5.74) is 2.89. The van der Waals surface area contributed by atoms with Gasteiger partial charge in [-0.1, -0.05) is 12.1 Å². The number of aromatic amines is 1. The van der Waals surface area contributed by atoms with E-state index in [9.17, 15) is 9.18 Å². The maximum atomic E-state index is 12.8. The summed E-state index contributed by atoms with van der Waals surface area (Å²) in [6, 6.07) is 5.68. The van der Waals surface area contributed by atoms with Gasteiger partial charge in [0.2, 0.25) is 0 Å². The minimum atomic E-state index is -0.327. The Kier molecular flexibility index (Phi) is 3.83. The number of nitrogens with zero attached hydrogens (tertiary/aromatic N) is 1. The Hall–Kier alpha value is -2.41. The number of carbonyl (C=O) groups is 1. The van der Waals surface area contributed by atoms with Crippen LogP contribution in [0, 0.1) is 5.82 Å². The molecule has 2 heterocycles. The lowest BCUT2D eigenvalue weighted by atomic mass is 10.1. The molecular weight excluding hydrogens is 273 g/mol. The van der Waals surface area contributed by atoms with Crippen LogP contribution < -0.4 is 16.0 Å². The minimum absolute atomic E-state index is 0.292. The highest BCUT2D eigenvalue weighted by molar-refractivity contribution is 5.89. The van der Waals surface area contributed by atoms with Crippen LogP contribution >= 0.6 is 0 Å². The quantitative estimate of drug-likeness (QED) is 0.691. The smallest absolute Gasteiger partial charge is 0.320 e. The third-order valence-electron chi connectivity index (χ3n) is 3.40. The van der Waals surface area contributed by atoms with Crippen molar-refractivity contribution in [1.82, 2.24) is 20.8 Å². The largest absolute Gasteiger partial charge is 0.334 e. The Labute approximate surface area is 121 Å². The first-order chi connectivity index (χ1) is 10.2. The fourth-order valence-electron chi connectivity index (χ4n) is 2.28. The Bertz CT molecular complexity index is 637. The number of carbonyl (C=O) groups excluding carboxylic acids is 1. The highest BCUT2D eigenvalue weighted by Crippen LogP contribution is 2.19. The van der Waals surface area contributed by atoms with E-state index in [2.05, 4.69) is 26.1 Å². The number of H-pyrrole nitrogens is 1. The number of anilines is 1. The van der Waals surface area contributed by atoms with Crippen molar-refractivity contribution in [3.63, 3.8) is 0 Å². The van der Waals surface area contributed by atoms with Crippen molar-refractivity contribution in [3.8, 4) is 0 Å². The molecule has 0 aliphatic carbocycles. The lowest BCUT2D eigenvalue weighted by Crippen LogP contribution is -2.29. The van der Waals surface area contributed by atoms with Gasteiger partial charge in [0.15, 0.2) is 5.82 Å².